The molecule has 1 unspecified atom stereocenters. The van der Waals surface area contributed by atoms with Crippen LogP contribution in [0.3, 0.4) is 0 Å². The van der Waals surface area contributed by atoms with Gasteiger partial charge in [-0.15, -0.1) is 11.3 Å². The molecule has 0 aliphatic carbocycles. The van der Waals surface area contributed by atoms with E-state index in [2.05, 4.69) is 16.0 Å². The fourth-order valence-electron chi connectivity index (χ4n) is 3.07. The van der Waals surface area contributed by atoms with Crippen molar-refractivity contribution in [2.24, 2.45) is 5.41 Å². The minimum Gasteiger partial charge on any atom is -0.508 e. The molecule has 3 amide bonds. The molecular weight excluding hydrogens is 458 g/mol. The zero-order valence-corrected chi connectivity index (χ0v) is 20.8. The Morgan fingerprint density at radius 2 is 1.79 bits per heavy atom. The zero-order chi connectivity index (χ0) is 25.5. The van der Waals surface area contributed by atoms with E-state index in [1.807, 2.05) is 20.8 Å². The van der Waals surface area contributed by atoms with Crippen LogP contribution in [0.1, 0.15) is 57.7 Å². The number of carbonyl (C=O) groups is 4. The summed E-state index contributed by atoms with van der Waals surface area (Å²) in [5.41, 5.74) is 1.08. The van der Waals surface area contributed by atoms with Gasteiger partial charge in [0.1, 0.15) is 11.8 Å². The number of amides is 3. The first kappa shape index (κ1) is 26.8. The summed E-state index contributed by atoms with van der Waals surface area (Å²) in [5, 5.41) is 17.5. The Hall–Kier alpha value is -3.40. The van der Waals surface area contributed by atoms with Crippen molar-refractivity contribution >= 4 is 35.0 Å². The van der Waals surface area contributed by atoms with E-state index in [1.165, 1.54) is 13.2 Å². The number of methoxy groups -OCH3 is 1. The Labute approximate surface area is 202 Å². The second-order valence-corrected chi connectivity index (χ2v) is 10.1. The second kappa shape index (κ2) is 11.6. The predicted molar refractivity (Wildman–Crippen MR) is 129 cm³/mol. The number of benzene rings is 1. The van der Waals surface area contributed by atoms with Crippen LogP contribution in [0.15, 0.2) is 30.3 Å². The molecule has 10 heteroatoms. The molecule has 34 heavy (non-hydrogen) atoms. The average Bonchev–Trinajstić information content (AvgIpc) is 3.15. The molecule has 0 aliphatic rings. The Morgan fingerprint density at radius 3 is 2.41 bits per heavy atom. The standard InChI is InChI=1S/C24H31N3O6S/c1-14-9-18(21(30)26-12-15-7-6-8-16(28)10-15)34-20(14)22(31)27-17(23(32)33-5)13-25-19(29)11-24(2,3)4/h6-10,17,28H,11-13H2,1-5H3,(H,25,29)(H,26,30)(H,27,31). The number of thiophene rings is 1. The van der Waals surface area contributed by atoms with Crippen LogP contribution >= 0.6 is 11.3 Å². The van der Waals surface area contributed by atoms with E-state index in [9.17, 15) is 24.3 Å². The van der Waals surface area contributed by atoms with Gasteiger partial charge in [-0.05, 0) is 41.7 Å². The van der Waals surface area contributed by atoms with E-state index in [1.54, 1.807) is 31.2 Å². The van der Waals surface area contributed by atoms with Crippen molar-refractivity contribution in [3.05, 3.63) is 51.2 Å². The monoisotopic (exact) mass is 489 g/mol. The molecule has 2 aromatic rings. The maximum absolute atomic E-state index is 12.8. The predicted octanol–water partition coefficient (Wildman–Crippen LogP) is 2.52. The molecular formula is C24H31N3O6S. The largest absolute Gasteiger partial charge is 0.508 e. The van der Waals surface area contributed by atoms with Crippen LogP contribution in [0.25, 0.3) is 0 Å². The normalized spacial score (nSPS) is 11.9. The fraction of sp³-hybridized carbons (Fsp3) is 0.417. The average molecular weight is 490 g/mol. The van der Waals surface area contributed by atoms with Crippen LogP contribution in [0.2, 0.25) is 0 Å². The molecule has 0 radical (unpaired) electrons. The number of rotatable bonds is 9. The van der Waals surface area contributed by atoms with Crippen molar-refractivity contribution in [1.29, 1.82) is 0 Å². The summed E-state index contributed by atoms with van der Waals surface area (Å²) >= 11 is 0.995. The lowest BCUT2D eigenvalue weighted by Crippen LogP contribution is -2.49. The first-order chi connectivity index (χ1) is 15.9. The first-order valence-corrected chi connectivity index (χ1v) is 11.5. The highest BCUT2D eigenvalue weighted by molar-refractivity contribution is 7.16. The van der Waals surface area contributed by atoms with Crippen LogP contribution in [-0.2, 0) is 20.9 Å². The summed E-state index contributed by atoms with van der Waals surface area (Å²) < 4.78 is 4.75. The lowest BCUT2D eigenvalue weighted by Gasteiger charge is -2.20. The lowest BCUT2D eigenvalue weighted by molar-refractivity contribution is -0.142. The maximum atomic E-state index is 12.8. The van der Waals surface area contributed by atoms with Gasteiger partial charge in [0, 0.05) is 19.5 Å². The van der Waals surface area contributed by atoms with Crippen LogP contribution in [0.4, 0.5) is 0 Å². The van der Waals surface area contributed by atoms with Gasteiger partial charge in [-0.25, -0.2) is 4.79 Å². The molecule has 9 nitrogen and oxygen atoms in total. The van der Waals surface area contributed by atoms with Gasteiger partial charge in [0.05, 0.1) is 16.9 Å². The van der Waals surface area contributed by atoms with Crippen LogP contribution in [0, 0.1) is 12.3 Å². The van der Waals surface area contributed by atoms with Gasteiger partial charge in [-0.3, -0.25) is 14.4 Å². The molecule has 0 aliphatic heterocycles. The molecule has 2 rings (SSSR count). The van der Waals surface area contributed by atoms with Crippen molar-refractivity contribution in [1.82, 2.24) is 16.0 Å². The smallest absolute Gasteiger partial charge is 0.330 e. The van der Waals surface area contributed by atoms with E-state index in [0.29, 0.717) is 10.4 Å². The number of phenols is 1. The molecule has 0 saturated heterocycles. The minimum atomic E-state index is -1.08. The topological polar surface area (TPSA) is 134 Å². The van der Waals surface area contributed by atoms with Crippen molar-refractivity contribution in [3.8, 4) is 5.75 Å². The quantitative estimate of drug-likeness (QED) is 0.400. The van der Waals surface area contributed by atoms with E-state index in [-0.39, 0.29) is 47.4 Å². The van der Waals surface area contributed by atoms with Gasteiger partial charge in [0.25, 0.3) is 11.8 Å². The molecule has 184 valence electrons. The Bertz CT molecular complexity index is 1060. The summed E-state index contributed by atoms with van der Waals surface area (Å²) in [6.45, 7) is 7.55. The van der Waals surface area contributed by atoms with E-state index >= 15 is 0 Å². The number of hydrogen-bond donors (Lipinski definition) is 4. The summed E-state index contributed by atoms with van der Waals surface area (Å²) in [6, 6.07) is 7.05. The third kappa shape index (κ3) is 8.18. The molecule has 1 aromatic heterocycles. The summed E-state index contributed by atoms with van der Waals surface area (Å²) in [6.07, 6.45) is 0.264. The van der Waals surface area contributed by atoms with Gasteiger partial charge in [0.2, 0.25) is 5.91 Å². The molecule has 0 fully saturated rings. The van der Waals surface area contributed by atoms with E-state index in [0.717, 1.165) is 16.9 Å². The molecule has 1 heterocycles. The van der Waals surface area contributed by atoms with E-state index in [4.69, 9.17) is 4.74 Å². The molecule has 0 bridgehead atoms. The van der Waals surface area contributed by atoms with Crippen LogP contribution in [-0.4, -0.2) is 48.5 Å². The van der Waals surface area contributed by atoms with E-state index < -0.39 is 17.9 Å². The Balaban J connectivity index is 2.03. The maximum Gasteiger partial charge on any atom is 0.330 e. The molecule has 0 saturated carbocycles. The Kier molecular flexibility index (Phi) is 9.19. The zero-order valence-electron chi connectivity index (χ0n) is 20.0. The lowest BCUT2D eigenvalue weighted by atomic mass is 9.92. The number of esters is 1. The van der Waals surface area contributed by atoms with Crippen molar-refractivity contribution in [2.45, 2.75) is 46.7 Å². The third-order valence-corrected chi connectivity index (χ3v) is 5.93. The number of carbonyl (C=O) groups excluding carboxylic acids is 4. The van der Waals surface area contributed by atoms with Crippen molar-refractivity contribution < 1.29 is 29.0 Å². The molecule has 1 aromatic carbocycles. The van der Waals surface area contributed by atoms with Crippen molar-refractivity contribution in [3.63, 3.8) is 0 Å². The van der Waals surface area contributed by atoms with Gasteiger partial charge in [-0.2, -0.15) is 0 Å². The third-order valence-electron chi connectivity index (χ3n) is 4.70. The summed E-state index contributed by atoms with van der Waals surface area (Å²) in [4.78, 5) is 50.3. The van der Waals surface area contributed by atoms with Crippen LogP contribution < -0.4 is 16.0 Å². The highest BCUT2D eigenvalue weighted by Crippen LogP contribution is 2.22. The number of aromatic hydroxyl groups is 1. The van der Waals surface area contributed by atoms with Gasteiger partial charge in [-0.1, -0.05) is 32.9 Å². The van der Waals surface area contributed by atoms with Crippen molar-refractivity contribution in [2.75, 3.05) is 13.7 Å². The second-order valence-electron chi connectivity index (χ2n) is 9.07. The van der Waals surface area contributed by atoms with Crippen LogP contribution in [0.5, 0.6) is 5.75 Å². The fourth-order valence-corrected chi connectivity index (χ4v) is 4.07. The first-order valence-electron chi connectivity index (χ1n) is 10.7. The number of ether oxygens (including phenoxy) is 1. The van der Waals surface area contributed by atoms with Gasteiger partial charge < -0.3 is 25.8 Å². The molecule has 4 N–H and O–H groups in total. The SMILES string of the molecule is COC(=O)C(CNC(=O)CC(C)(C)C)NC(=O)c1sc(C(=O)NCc2cccc(O)c2)cc1C. The number of phenolic OH excluding ortho intramolecular Hbond substituents is 1. The molecule has 0 spiro atoms. The number of aryl methyl sites for hydroxylation is 1. The van der Waals surface area contributed by atoms with Gasteiger partial charge in [0.15, 0.2) is 0 Å². The molecule has 1 atom stereocenters. The highest BCUT2D eigenvalue weighted by atomic mass is 32.1. The highest BCUT2D eigenvalue weighted by Gasteiger charge is 2.26. The summed E-state index contributed by atoms with van der Waals surface area (Å²) in [7, 11) is 1.20. The van der Waals surface area contributed by atoms with Gasteiger partial charge >= 0.3 is 5.97 Å². The Morgan fingerprint density at radius 1 is 1.09 bits per heavy atom. The minimum absolute atomic E-state index is 0.104. The number of nitrogens with one attached hydrogen (secondary N) is 3. The summed E-state index contributed by atoms with van der Waals surface area (Å²) in [5.74, 6) is -1.74. The number of hydrogen-bond acceptors (Lipinski definition) is 7.